The van der Waals surface area contributed by atoms with Gasteiger partial charge in [0, 0.05) is 17.4 Å². The van der Waals surface area contributed by atoms with Gasteiger partial charge in [-0.25, -0.2) is 0 Å². The van der Waals surface area contributed by atoms with Gasteiger partial charge >= 0.3 is 0 Å². The van der Waals surface area contributed by atoms with Gasteiger partial charge in [0.2, 0.25) is 5.91 Å². The van der Waals surface area contributed by atoms with Crippen LogP contribution in [-0.4, -0.2) is 24.9 Å². The van der Waals surface area contributed by atoms with Gasteiger partial charge in [0.05, 0.1) is 5.75 Å². The zero-order chi connectivity index (χ0) is 15.8. The number of ether oxygens (including phenoxy) is 2. The molecule has 0 spiro atoms. The Bertz CT molecular complexity index is 765. The minimum Gasteiger partial charge on any atom is -0.486 e. The highest BCUT2D eigenvalue weighted by molar-refractivity contribution is 8.00. The highest BCUT2D eigenvalue weighted by atomic mass is 32.2. The molecule has 2 N–H and O–H groups in total. The lowest BCUT2D eigenvalue weighted by Crippen LogP contribution is -2.28. The Labute approximate surface area is 138 Å². The van der Waals surface area contributed by atoms with Gasteiger partial charge in [-0.05, 0) is 29.8 Å². The normalized spacial score (nSPS) is 19.9. The minimum atomic E-state index is -0.0754. The van der Waals surface area contributed by atoms with Gasteiger partial charge in [0.1, 0.15) is 18.6 Å². The van der Waals surface area contributed by atoms with Crippen molar-refractivity contribution in [2.45, 2.75) is 5.37 Å². The second kappa shape index (κ2) is 5.70. The highest BCUT2D eigenvalue weighted by Crippen LogP contribution is 2.44. The summed E-state index contributed by atoms with van der Waals surface area (Å²) in [5.74, 6) is 1.94. The molecule has 2 heterocycles. The van der Waals surface area contributed by atoms with Crippen LogP contribution in [0.5, 0.6) is 11.5 Å². The number of carbonyl (C=O) groups excluding carboxylic acids is 1. The summed E-state index contributed by atoms with van der Waals surface area (Å²) in [7, 11) is 0. The van der Waals surface area contributed by atoms with Crippen LogP contribution >= 0.6 is 11.8 Å². The van der Waals surface area contributed by atoms with Crippen molar-refractivity contribution in [1.82, 2.24) is 0 Å². The van der Waals surface area contributed by atoms with Crippen LogP contribution < -0.4 is 20.1 Å². The van der Waals surface area contributed by atoms with E-state index in [-0.39, 0.29) is 11.3 Å². The maximum Gasteiger partial charge on any atom is 0.238 e. The monoisotopic (exact) mass is 328 g/mol. The lowest BCUT2D eigenvalue weighted by Gasteiger charge is -2.26. The van der Waals surface area contributed by atoms with Gasteiger partial charge in [-0.2, -0.15) is 0 Å². The molecule has 5 nitrogen and oxygen atoms in total. The largest absolute Gasteiger partial charge is 0.486 e. The van der Waals surface area contributed by atoms with Crippen LogP contribution in [0.2, 0.25) is 0 Å². The lowest BCUT2D eigenvalue weighted by atomic mass is 10.1. The van der Waals surface area contributed by atoms with E-state index in [9.17, 15) is 4.79 Å². The molecule has 0 aromatic heterocycles. The summed E-state index contributed by atoms with van der Waals surface area (Å²) in [5, 5.41) is -0.0754. The molecule has 1 atom stereocenters. The third-order valence-corrected chi connectivity index (χ3v) is 5.08. The second-order valence-corrected chi connectivity index (χ2v) is 6.49. The molecule has 1 saturated heterocycles. The summed E-state index contributed by atoms with van der Waals surface area (Å²) in [6.07, 6.45) is 0. The van der Waals surface area contributed by atoms with Gasteiger partial charge in [-0.3, -0.25) is 9.69 Å². The predicted octanol–water partition coefficient (Wildman–Crippen LogP) is 2.82. The van der Waals surface area contributed by atoms with Crippen LogP contribution in [-0.2, 0) is 4.79 Å². The Kier molecular flexibility index (Phi) is 3.53. The summed E-state index contributed by atoms with van der Waals surface area (Å²) >= 11 is 1.60. The van der Waals surface area contributed by atoms with Crippen LogP contribution in [0.3, 0.4) is 0 Å². The molecule has 0 radical (unpaired) electrons. The molecular weight excluding hydrogens is 312 g/mol. The van der Waals surface area contributed by atoms with Crippen molar-refractivity contribution in [1.29, 1.82) is 0 Å². The topological polar surface area (TPSA) is 64.8 Å². The molecule has 118 valence electrons. The fraction of sp³-hybridized carbons (Fsp3) is 0.235. The summed E-state index contributed by atoms with van der Waals surface area (Å²) < 4.78 is 11.2. The van der Waals surface area contributed by atoms with Crippen molar-refractivity contribution < 1.29 is 14.3 Å². The van der Waals surface area contributed by atoms with Gasteiger partial charge in [-0.15, -0.1) is 11.8 Å². The van der Waals surface area contributed by atoms with Crippen molar-refractivity contribution in [2.75, 3.05) is 29.6 Å². The molecule has 0 aliphatic carbocycles. The van der Waals surface area contributed by atoms with Crippen molar-refractivity contribution >= 4 is 29.0 Å². The van der Waals surface area contributed by atoms with E-state index >= 15 is 0 Å². The van der Waals surface area contributed by atoms with Crippen LogP contribution in [0.1, 0.15) is 10.9 Å². The fourth-order valence-corrected chi connectivity index (χ4v) is 4.01. The smallest absolute Gasteiger partial charge is 0.238 e. The number of nitrogens with zero attached hydrogens (tertiary/aromatic N) is 1. The second-order valence-electron chi connectivity index (χ2n) is 5.43. The first-order valence-electron chi connectivity index (χ1n) is 7.41. The number of nitrogen functional groups attached to an aromatic ring is 1. The number of nitrogens with two attached hydrogens (primary N) is 1. The first kappa shape index (κ1) is 14.3. The minimum absolute atomic E-state index is 0.0754. The molecule has 1 fully saturated rings. The van der Waals surface area contributed by atoms with E-state index in [2.05, 4.69) is 0 Å². The molecular formula is C17H16N2O3S. The van der Waals surface area contributed by atoms with Crippen molar-refractivity contribution in [3.63, 3.8) is 0 Å². The number of benzene rings is 2. The maximum atomic E-state index is 12.4. The third-order valence-electron chi connectivity index (χ3n) is 3.87. The Morgan fingerprint density at radius 1 is 1.09 bits per heavy atom. The van der Waals surface area contributed by atoms with Gasteiger partial charge in [0.15, 0.2) is 11.5 Å². The summed E-state index contributed by atoms with van der Waals surface area (Å²) in [5.41, 5.74) is 8.43. The van der Waals surface area contributed by atoms with E-state index in [0.29, 0.717) is 30.4 Å². The standard InChI is InChI=1S/C17H16N2O3S/c18-12-3-1-2-11(8-12)17-19(16(20)10-23-17)13-4-5-14-15(9-13)22-7-6-21-14/h1-5,8-9,17H,6-7,10,18H2. The molecule has 2 aromatic carbocycles. The summed E-state index contributed by atoms with van der Waals surface area (Å²) in [6, 6.07) is 13.3. The fourth-order valence-electron chi connectivity index (χ4n) is 2.84. The first-order chi connectivity index (χ1) is 11.2. The molecule has 4 rings (SSSR count). The van der Waals surface area contributed by atoms with Crippen LogP contribution in [0.25, 0.3) is 0 Å². The van der Waals surface area contributed by atoms with Gasteiger partial charge in [-0.1, -0.05) is 12.1 Å². The lowest BCUT2D eigenvalue weighted by molar-refractivity contribution is -0.115. The Hall–Kier alpha value is -2.34. The molecule has 2 aromatic rings. The number of amides is 1. The number of fused-ring (bicyclic) bond motifs is 1. The number of hydrogen-bond donors (Lipinski definition) is 1. The zero-order valence-electron chi connectivity index (χ0n) is 12.4. The number of hydrogen-bond acceptors (Lipinski definition) is 5. The molecule has 1 unspecified atom stereocenters. The Balaban J connectivity index is 1.72. The van der Waals surface area contributed by atoms with Crippen LogP contribution in [0.4, 0.5) is 11.4 Å². The molecule has 0 bridgehead atoms. The number of carbonyl (C=O) groups is 1. The predicted molar refractivity (Wildman–Crippen MR) is 91.0 cm³/mol. The quantitative estimate of drug-likeness (QED) is 0.859. The zero-order valence-corrected chi connectivity index (χ0v) is 13.2. The van der Waals surface area contributed by atoms with Gasteiger partial charge in [0.25, 0.3) is 0 Å². The highest BCUT2D eigenvalue weighted by Gasteiger charge is 2.34. The summed E-state index contributed by atoms with van der Waals surface area (Å²) in [6.45, 7) is 1.08. The van der Waals surface area contributed by atoms with Crippen molar-refractivity contribution in [3.05, 3.63) is 48.0 Å². The Morgan fingerprint density at radius 2 is 1.91 bits per heavy atom. The average Bonchev–Trinajstić information content (AvgIpc) is 2.96. The molecule has 2 aliphatic rings. The average molecular weight is 328 g/mol. The van der Waals surface area contributed by atoms with Crippen molar-refractivity contribution in [3.8, 4) is 11.5 Å². The van der Waals surface area contributed by atoms with Gasteiger partial charge < -0.3 is 15.2 Å². The molecule has 6 heteroatoms. The van der Waals surface area contributed by atoms with Crippen LogP contribution in [0.15, 0.2) is 42.5 Å². The molecule has 23 heavy (non-hydrogen) atoms. The van der Waals surface area contributed by atoms with E-state index in [4.69, 9.17) is 15.2 Å². The van der Waals surface area contributed by atoms with Crippen molar-refractivity contribution in [2.24, 2.45) is 0 Å². The van der Waals surface area contributed by atoms with E-state index in [0.717, 1.165) is 17.0 Å². The molecule has 1 amide bonds. The number of anilines is 2. The molecule has 2 aliphatic heterocycles. The molecule has 0 saturated carbocycles. The van der Waals surface area contributed by atoms with E-state index in [1.165, 1.54) is 0 Å². The Morgan fingerprint density at radius 3 is 2.74 bits per heavy atom. The SMILES string of the molecule is Nc1cccc(C2SCC(=O)N2c2ccc3c(c2)OCCO3)c1. The summed E-state index contributed by atoms with van der Waals surface area (Å²) in [4.78, 5) is 14.2. The number of thioether (sulfide) groups is 1. The van der Waals surface area contributed by atoms with E-state index < -0.39 is 0 Å². The maximum absolute atomic E-state index is 12.4. The van der Waals surface area contributed by atoms with E-state index in [1.54, 1.807) is 16.7 Å². The first-order valence-corrected chi connectivity index (χ1v) is 8.46. The number of rotatable bonds is 2. The van der Waals surface area contributed by atoms with Crippen LogP contribution in [0, 0.1) is 0 Å². The van der Waals surface area contributed by atoms with E-state index in [1.807, 2.05) is 42.5 Å². The third kappa shape index (κ3) is 2.59.